The molecule has 33 heavy (non-hydrogen) atoms. The van der Waals surface area contributed by atoms with Gasteiger partial charge in [0.15, 0.2) is 0 Å². The first-order chi connectivity index (χ1) is 15.4. The van der Waals surface area contributed by atoms with E-state index >= 15 is 0 Å². The largest absolute Gasteiger partial charge is 0.444 e. The Kier molecular flexibility index (Phi) is 9.79. The van der Waals surface area contributed by atoms with E-state index in [0.717, 1.165) is 0 Å². The molecule has 0 aliphatic carbocycles. The van der Waals surface area contributed by atoms with Gasteiger partial charge in [0.05, 0.1) is 35.7 Å². The van der Waals surface area contributed by atoms with Gasteiger partial charge in [-0.2, -0.15) is 0 Å². The number of alkyl halides is 1. The molecule has 1 fully saturated rings. The molecule has 2 rings (SSSR count). The summed E-state index contributed by atoms with van der Waals surface area (Å²) >= 11 is 12.0. The van der Waals surface area contributed by atoms with Crippen LogP contribution in [0.5, 0.6) is 0 Å². The highest BCUT2D eigenvalue weighted by Crippen LogP contribution is 2.29. The second kappa shape index (κ2) is 11.7. The average Bonchev–Trinajstić information content (AvgIpc) is 3.14. The van der Waals surface area contributed by atoms with Gasteiger partial charge >= 0.3 is 6.09 Å². The molecule has 1 heterocycles. The SMILES string of the molecule is COC1CC([C@H](OC)[C@@H](C)C(=O)NC(Cl)Cc2ccc(Cl)c(F)c2)N(C(=O)OC(C)(C)C)C1. The first kappa shape index (κ1) is 27.6. The number of carbonyl (C=O) groups excluding carboxylic acids is 2. The van der Waals surface area contributed by atoms with Crippen LogP contribution in [-0.4, -0.2) is 67.0 Å². The minimum Gasteiger partial charge on any atom is -0.444 e. The van der Waals surface area contributed by atoms with E-state index in [1.807, 2.05) is 0 Å². The summed E-state index contributed by atoms with van der Waals surface area (Å²) < 4.78 is 30.4. The van der Waals surface area contributed by atoms with E-state index in [2.05, 4.69) is 5.32 Å². The smallest absolute Gasteiger partial charge is 0.410 e. The third kappa shape index (κ3) is 7.70. The summed E-state index contributed by atoms with van der Waals surface area (Å²) in [5.74, 6) is -1.53. The van der Waals surface area contributed by atoms with Crippen LogP contribution >= 0.6 is 23.2 Å². The van der Waals surface area contributed by atoms with Crippen molar-refractivity contribution in [3.05, 3.63) is 34.6 Å². The maximum atomic E-state index is 13.7. The average molecular weight is 507 g/mol. The summed E-state index contributed by atoms with van der Waals surface area (Å²) in [6, 6.07) is 3.96. The number of carbonyl (C=O) groups is 2. The van der Waals surface area contributed by atoms with Gasteiger partial charge in [-0.1, -0.05) is 36.2 Å². The quantitative estimate of drug-likeness (QED) is 0.418. The van der Waals surface area contributed by atoms with E-state index in [1.165, 1.54) is 19.2 Å². The Labute approximate surface area is 204 Å². The number of ether oxygens (including phenoxy) is 3. The maximum Gasteiger partial charge on any atom is 0.410 e. The molecule has 0 spiro atoms. The Morgan fingerprint density at radius 1 is 1.30 bits per heavy atom. The standard InChI is InChI=1S/C23H33Cl2FN2O5/c1-13(21(29)27-19(25)10-14-7-8-16(24)17(26)9-14)20(32-6)18-11-15(31-5)12-28(18)22(30)33-23(2,3)4/h7-9,13,15,18-20H,10-12H2,1-6H3,(H,27,29)/t13-,15?,18?,19?,20-/m1/s1. The fourth-order valence-corrected chi connectivity index (χ4v) is 4.30. The zero-order valence-corrected chi connectivity index (χ0v) is 21.4. The zero-order valence-electron chi connectivity index (χ0n) is 19.9. The van der Waals surface area contributed by atoms with Crippen molar-refractivity contribution in [2.75, 3.05) is 20.8 Å². The van der Waals surface area contributed by atoms with E-state index in [1.54, 1.807) is 45.8 Å². The highest BCUT2D eigenvalue weighted by Gasteiger charge is 2.45. The Balaban J connectivity index is 2.08. The first-order valence-corrected chi connectivity index (χ1v) is 11.6. The van der Waals surface area contributed by atoms with Crippen LogP contribution in [0.15, 0.2) is 18.2 Å². The van der Waals surface area contributed by atoms with Gasteiger partial charge in [-0.15, -0.1) is 0 Å². The molecule has 1 saturated heterocycles. The van der Waals surface area contributed by atoms with Crippen LogP contribution in [0.3, 0.4) is 0 Å². The predicted molar refractivity (Wildman–Crippen MR) is 125 cm³/mol. The molecule has 1 aliphatic heterocycles. The summed E-state index contributed by atoms with van der Waals surface area (Å²) in [7, 11) is 3.08. The number of hydrogen-bond acceptors (Lipinski definition) is 5. The van der Waals surface area contributed by atoms with E-state index < -0.39 is 41.1 Å². The lowest BCUT2D eigenvalue weighted by Crippen LogP contribution is -2.51. The van der Waals surface area contributed by atoms with E-state index in [4.69, 9.17) is 37.4 Å². The van der Waals surface area contributed by atoms with Gasteiger partial charge in [-0.05, 0) is 44.9 Å². The van der Waals surface area contributed by atoms with E-state index in [0.29, 0.717) is 18.5 Å². The first-order valence-electron chi connectivity index (χ1n) is 10.8. The van der Waals surface area contributed by atoms with Gasteiger partial charge < -0.3 is 19.5 Å². The topological polar surface area (TPSA) is 77.1 Å². The van der Waals surface area contributed by atoms with E-state index in [9.17, 15) is 14.0 Å². The van der Waals surface area contributed by atoms with Gasteiger partial charge in [-0.3, -0.25) is 9.69 Å². The fourth-order valence-electron chi connectivity index (χ4n) is 3.89. The summed E-state index contributed by atoms with van der Waals surface area (Å²) in [6.07, 6.45) is -0.585. The molecule has 1 N–H and O–H groups in total. The number of rotatable bonds is 8. The highest BCUT2D eigenvalue weighted by atomic mass is 35.5. The molecule has 10 heteroatoms. The molecule has 7 nitrogen and oxygen atoms in total. The minimum absolute atomic E-state index is 0.0194. The molecule has 3 unspecified atom stereocenters. The van der Waals surface area contributed by atoms with Crippen molar-refractivity contribution in [1.29, 1.82) is 0 Å². The third-order valence-corrected chi connectivity index (χ3v) is 6.09. The maximum absolute atomic E-state index is 13.7. The molecule has 0 bridgehead atoms. The lowest BCUT2D eigenvalue weighted by molar-refractivity contribution is -0.131. The molecule has 2 amide bonds. The minimum atomic E-state index is -0.768. The molecule has 0 saturated carbocycles. The number of methoxy groups -OCH3 is 2. The molecular weight excluding hydrogens is 474 g/mol. The van der Waals surface area contributed by atoms with Crippen LogP contribution in [0.1, 0.15) is 39.7 Å². The molecule has 5 atom stereocenters. The van der Waals surface area contributed by atoms with Gasteiger partial charge in [0.25, 0.3) is 0 Å². The van der Waals surface area contributed by atoms with Crippen LogP contribution in [0, 0.1) is 11.7 Å². The highest BCUT2D eigenvalue weighted by molar-refractivity contribution is 6.30. The van der Waals surface area contributed by atoms with Crippen molar-refractivity contribution in [1.82, 2.24) is 10.2 Å². The molecule has 186 valence electrons. The number of hydrogen-bond donors (Lipinski definition) is 1. The van der Waals surface area contributed by atoms with Gasteiger partial charge in [0.1, 0.15) is 16.9 Å². The number of halogens is 3. The fraction of sp³-hybridized carbons (Fsp3) is 0.652. The van der Waals surface area contributed by atoms with Crippen molar-refractivity contribution in [3.8, 4) is 0 Å². The van der Waals surface area contributed by atoms with E-state index in [-0.39, 0.29) is 23.5 Å². The monoisotopic (exact) mass is 506 g/mol. The number of benzene rings is 1. The summed E-state index contributed by atoms with van der Waals surface area (Å²) in [4.78, 5) is 27.3. The lowest BCUT2D eigenvalue weighted by atomic mass is 9.94. The van der Waals surface area contributed by atoms with Crippen LogP contribution in [0.4, 0.5) is 9.18 Å². The second-order valence-corrected chi connectivity index (χ2v) is 10.1. The predicted octanol–water partition coefficient (Wildman–Crippen LogP) is 4.38. The molecule has 1 aromatic carbocycles. The Morgan fingerprint density at radius 2 is 1.97 bits per heavy atom. The number of nitrogens with zero attached hydrogens (tertiary/aromatic N) is 1. The van der Waals surface area contributed by atoms with Gasteiger partial charge in [0, 0.05) is 20.6 Å². The van der Waals surface area contributed by atoms with Gasteiger partial charge in [-0.25, -0.2) is 9.18 Å². The van der Waals surface area contributed by atoms with Crippen LogP contribution < -0.4 is 5.32 Å². The van der Waals surface area contributed by atoms with Crippen molar-refractivity contribution < 1.29 is 28.2 Å². The molecule has 1 aromatic rings. The third-order valence-electron chi connectivity index (χ3n) is 5.52. The summed E-state index contributed by atoms with van der Waals surface area (Å²) in [6.45, 7) is 7.43. The summed E-state index contributed by atoms with van der Waals surface area (Å²) in [5.41, 5.74) is -0.830. The molecule has 0 radical (unpaired) electrons. The Morgan fingerprint density at radius 3 is 2.52 bits per heavy atom. The van der Waals surface area contributed by atoms with Crippen LogP contribution in [-0.2, 0) is 25.4 Å². The van der Waals surface area contributed by atoms with Crippen LogP contribution in [0.2, 0.25) is 5.02 Å². The van der Waals surface area contributed by atoms with Crippen molar-refractivity contribution in [2.45, 2.75) is 69.9 Å². The van der Waals surface area contributed by atoms with Crippen molar-refractivity contribution in [2.24, 2.45) is 5.92 Å². The molecule has 0 aromatic heterocycles. The molecular formula is C23H33Cl2FN2O5. The van der Waals surface area contributed by atoms with Gasteiger partial charge in [0.2, 0.25) is 5.91 Å². The second-order valence-electron chi connectivity index (χ2n) is 9.21. The van der Waals surface area contributed by atoms with Crippen molar-refractivity contribution in [3.63, 3.8) is 0 Å². The number of amides is 2. The number of nitrogens with one attached hydrogen (secondary N) is 1. The Bertz CT molecular complexity index is 836. The lowest BCUT2D eigenvalue weighted by Gasteiger charge is -2.34. The summed E-state index contributed by atoms with van der Waals surface area (Å²) in [5, 5.41) is 2.75. The van der Waals surface area contributed by atoms with Crippen molar-refractivity contribution >= 4 is 35.2 Å². The Hall–Kier alpha value is -1.61. The van der Waals surface area contributed by atoms with Crippen LogP contribution in [0.25, 0.3) is 0 Å². The number of likely N-dealkylation sites (tertiary alicyclic amines) is 1. The normalized spacial score (nSPS) is 21.4. The zero-order chi connectivity index (χ0) is 24.9. The molecule has 1 aliphatic rings.